The molecule has 3 aromatic heterocycles. The van der Waals surface area contributed by atoms with Gasteiger partial charge in [-0.05, 0) is 23.8 Å². The van der Waals surface area contributed by atoms with E-state index in [9.17, 15) is 22.4 Å². The molecule has 11 heteroatoms. The number of hydrogen-bond donors (Lipinski definition) is 1. The van der Waals surface area contributed by atoms with Crippen LogP contribution in [0, 0.1) is 11.6 Å². The fourth-order valence-corrected chi connectivity index (χ4v) is 3.06. The Morgan fingerprint density at radius 1 is 1.13 bits per heavy atom. The van der Waals surface area contributed by atoms with Gasteiger partial charge in [-0.15, -0.1) is 12.4 Å². The first kappa shape index (κ1) is 21.4. The van der Waals surface area contributed by atoms with Gasteiger partial charge in [0.15, 0.2) is 5.65 Å². The van der Waals surface area contributed by atoms with E-state index in [1.54, 1.807) is 12.1 Å². The SMILES string of the molecule is Cl.Cn1nc(C(F)F)c2c(=O)[nH]c(Cc3ccc(-c4cc(F)cc(F)c4)nc3)nc21. The van der Waals surface area contributed by atoms with Crippen molar-refractivity contribution < 1.29 is 17.6 Å². The summed E-state index contributed by atoms with van der Waals surface area (Å²) in [4.78, 5) is 23.2. The molecule has 30 heavy (non-hydrogen) atoms. The third-order valence-electron chi connectivity index (χ3n) is 4.33. The Balaban J connectivity index is 0.00000256. The zero-order valence-electron chi connectivity index (χ0n) is 15.4. The molecule has 4 rings (SSSR count). The van der Waals surface area contributed by atoms with E-state index in [0.29, 0.717) is 11.3 Å². The smallest absolute Gasteiger partial charge is 0.283 e. The van der Waals surface area contributed by atoms with Crippen molar-refractivity contribution >= 4 is 23.4 Å². The van der Waals surface area contributed by atoms with Crippen LogP contribution in [0.3, 0.4) is 0 Å². The molecule has 0 saturated heterocycles. The molecule has 0 radical (unpaired) electrons. The fraction of sp³-hybridized carbons (Fsp3) is 0.158. The highest BCUT2D eigenvalue weighted by Gasteiger charge is 2.21. The lowest BCUT2D eigenvalue weighted by molar-refractivity contribution is 0.146. The number of nitrogens with zero attached hydrogens (tertiary/aromatic N) is 4. The Hall–Kier alpha value is -3.27. The van der Waals surface area contributed by atoms with Crippen LogP contribution in [-0.2, 0) is 13.5 Å². The number of fused-ring (bicyclic) bond motifs is 1. The molecule has 156 valence electrons. The van der Waals surface area contributed by atoms with E-state index in [2.05, 4.69) is 20.1 Å². The average Bonchev–Trinajstić information content (AvgIpc) is 2.99. The van der Waals surface area contributed by atoms with E-state index in [4.69, 9.17) is 0 Å². The van der Waals surface area contributed by atoms with Crippen molar-refractivity contribution in [2.24, 2.45) is 7.05 Å². The molecule has 0 unspecified atom stereocenters. The summed E-state index contributed by atoms with van der Waals surface area (Å²) < 4.78 is 54.0. The van der Waals surface area contributed by atoms with Crippen molar-refractivity contribution in [2.75, 3.05) is 0 Å². The second-order valence-electron chi connectivity index (χ2n) is 6.41. The average molecular weight is 440 g/mol. The molecule has 0 bridgehead atoms. The predicted molar refractivity (Wildman–Crippen MR) is 104 cm³/mol. The van der Waals surface area contributed by atoms with Gasteiger partial charge in [-0.2, -0.15) is 5.10 Å². The first-order valence-electron chi connectivity index (χ1n) is 8.47. The molecule has 0 saturated carbocycles. The first-order chi connectivity index (χ1) is 13.8. The summed E-state index contributed by atoms with van der Waals surface area (Å²) in [6, 6.07) is 6.36. The highest BCUT2D eigenvalue weighted by molar-refractivity contribution is 5.85. The number of H-pyrrole nitrogens is 1. The van der Waals surface area contributed by atoms with Crippen molar-refractivity contribution in [3.05, 3.63) is 75.6 Å². The molecule has 1 aromatic carbocycles. The molecule has 0 aliphatic rings. The number of alkyl halides is 2. The van der Waals surface area contributed by atoms with Crippen LogP contribution in [0.5, 0.6) is 0 Å². The van der Waals surface area contributed by atoms with Crippen LogP contribution in [0.2, 0.25) is 0 Å². The molecular formula is C19H14ClF4N5O. The summed E-state index contributed by atoms with van der Waals surface area (Å²) in [5.41, 5.74) is 0.0567. The summed E-state index contributed by atoms with van der Waals surface area (Å²) in [6.45, 7) is 0. The van der Waals surface area contributed by atoms with E-state index < -0.39 is 29.3 Å². The minimum Gasteiger partial charge on any atom is -0.310 e. The van der Waals surface area contributed by atoms with Crippen LogP contribution < -0.4 is 5.56 Å². The molecule has 6 nitrogen and oxygen atoms in total. The number of halogens is 5. The molecule has 4 aromatic rings. The number of aromatic nitrogens is 5. The normalized spacial score (nSPS) is 11.1. The van der Waals surface area contributed by atoms with Gasteiger partial charge in [0.05, 0.1) is 5.69 Å². The lowest BCUT2D eigenvalue weighted by atomic mass is 10.1. The Bertz CT molecular complexity index is 1250. The Labute approximate surface area is 173 Å². The standard InChI is InChI=1S/C19H13F4N5O.ClH/c1-28-18-15(16(27-28)17(22)23)19(29)26-14(25-18)4-9-2-3-13(24-8-9)10-5-11(20)7-12(21)6-10;/h2-3,5-8,17H,4H2,1H3,(H,25,26,29);1H. The fourth-order valence-electron chi connectivity index (χ4n) is 3.06. The van der Waals surface area contributed by atoms with Crippen molar-refractivity contribution in [1.82, 2.24) is 24.7 Å². The second-order valence-corrected chi connectivity index (χ2v) is 6.41. The molecule has 0 fully saturated rings. The van der Waals surface area contributed by atoms with Gasteiger partial charge in [0.25, 0.3) is 12.0 Å². The summed E-state index contributed by atoms with van der Waals surface area (Å²) in [7, 11) is 1.43. The zero-order valence-corrected chi connectivity index (χ0v) is 16.2. The summed E-state index contributed by atoms with van der Waals surface area (Å²) in [5.74, 6) is -1.17. The first-order valence-corrected chi connectivity index (χ1v) is 8.47. The largest absolute Gasteiger partial charge is 0.310 e. The minimum absolute atomic E-state index is 0. The molecule has 0 spiro atoms. The third-order valence-corrected chi connectivity index (χ3v) is 4.33. The molecule has 0 aliphatic heterocycles. The number of pyridine rings is 1. The number of rotatable bonds is 4. The highest BCUT2D eigenvalue weighted by Crippen LogP contribution is 2.23. The van der Waals surface area contributed by atoms with Crippen LogP contribution in [0.4, 0.5) is 17.6 Å². The maximum absolute atomic E-state index is 13.4. The molecule has 1 N–H and O–H groups in total. The number of benzene rings is 1. The van der Waals surface area contributed by atoms with Gasteiger partial charge in [-0.1, -0.05) is 6.07 Å². The summed E-state index contributed by atoms with van der Waals surface area (Å²) in [6.07, 6.45) is -1.24. The van der Waals surface area contributed by atoms with Gasteiger partial charge >= 0.3 is 0 Å². The Kier molecular flexibility index (Phi) is 5.88. The van der Waals surface area contributed by atoms with Crippen molar-refractivity contribution in [3.8, 4) is 11.3 Å². The van der Waals surface area contributed by atoms with E-state index in [1.165, 1.54) is 25.4 Å². The lowest BCUT2D eigenvalue weighted by Gasteiger charge is -2.05. The van der Waals surface area contributed by atoms with E-state index in [1.807, 2.05) is 0 Å². The molecule has 0 aliphatic carbocycles. The van der Waals surface area contributed by atoms with Gasteiger partial charge in [0.1, 0.15) is 28.5 Å². The number of aryl methyl sites for hydroxylation is 1. The number of nitrogens with one attached hydrogen (secondary N) is 1. The van der Waals surface area contributed by atoms with Crippen LogP contribution >= 0.6 is 12.4 Å². The number of hydrogen-bond acceptors (Lipinski definition) is 4. The Morgan fingerprint density at radius 2 is 1.83 bits per heavy atom. The maximum atomic E-state index is 13.4. The van der Waals surface area contributed by atoms with Gasteiger partial charge < -0.3 is 4.98 Å². The molecule has 0 atom stereocenters. The van der Waals surface area contributed by atoms with E-state index in [0.717, 1.165) is 10.7 Å². The topological polar surface area (TPSA) is 76.5 Å². The van der Waals surface area contributed by atoms with Crippen molar-refractivity contribution in [2.45, 2.75) is 12.8 Å². The van der Waals surface area contributed by atoms with Gasteiger partial charge in [-0.25, -0.2) is 27.2 Å². The predicted octanol–water partition coefficient (Wildman–Crippen LogP) is 3.95. The zero-order chi connectivity index (χ0) is 20.7. The van der Waals surface area contributed by atoms with Crippen LogP contribution in [-0.4, -0.2) is 24.7 Å². The van der Waals surface area contributed by atoms with Crippen molar-refractivity contribution in [1.29, 1.82) is 0 Å². The Morgan fingerprint density at radius 3 is 2.43 bits per heavy atom. The van der Waals surface area contributed by atoms with Crippen LogP contribution in [0.15, 0.2) is 41.3 Å². The minimum atomic E-state index is -2.89. The monoisotopic (exact) mass is 439 g/mol. The van der Waals surface area contributed by atoms with Gasteiger partial charge in [-0.3, -0.25) is 9.78 Å². The molecular weight excluding hydrogens is 426 g/mol. The van der Waals surface area contributed by atoms with E-state index >= 15 is 0 Å². The number of aromatic amines is 1. The maximum Gasteiger partial charge on any atom is 0.283 e. The highest BCUT2D eigenvalue weighted by atomic mass is 35.5. The summed E-state index contributed by atoms with van der Waals surface area (Å²) >= 11 is 0. The van der Waals surface area contributed by atoms with Gasteiger partial charge in [0.2, 0.25) is 0 Å². The lowest BCUT2D eigenvalue weighted by Crippen LogP contribution is -2.13. The van der Waals surface area contributed by atoms with Crippen LogP contribution in [0.25, 0.3) is 22.3 Å². The quantitative estimate of drug-likeness (QED) is 0.488. The van der Waals surface area contributed by atoms with Crippen molar-refractivity contribution in [3.63, 3.8) is 0 Å². The van der Waals surface area contributed by atoms with Gasteiger partial charge in [0, 0.05) is 31.3 Å². The third kappa shape index (κ3) is 4.04. The summed E-state index contributed by atoms with van der Waals surface area (Å²) in [5, 5.41) is 3.43. The van der Waals surface area contributed by atoms with E-state index in [-0.39, 0.29) is 41.2 Å². The second kappa shape index (κ2) is 8.23. The molecule has 0 amide bonds. The van der Waals surface area contributed by atoms with Crippen LogP contribution in [0.1, 0.15) is 23.5 Å². The molecule has 3 heterocycles.